The highest BCUT2D eigenvalue weighted by molar-refractivity contribution is 6.25. The number of pyridine rings is 1. The van der Waals surface area contributed by atoms with Gasteiger partial charge in [-0.2, -0.15) is 0 Å². The van der Waals surface area contributed by atoms with Crippen LogP contribution in [0.4, 0.5) is 11.4 Å². The summed E-state index contributed by atoms with van der Waals surface area (Å²) in [6, 6.07) is 41.1. The van der Waals surface area contributed by atoms with Crippen molar-refractivity contribution in [1.29, 1.82) is 0 Å². The Morgan fingerprint density at radius 3 is 1.63 bits per heavy atom. The monoisotopic (exact) mass is 597 g/mol. The van der Waals surface area contributed by atoms with E-state index in [0.29, 0.717) is 0 Å². The summed E-state index contributed by atoms with van der Waals surface area (Å²) >= 11 is 0. The van der Waals surface area contributed by atoms with Gasteiger partial charge in [0.15, 0.2) is 0 Å². The van der Waals surface area contributed by atoms with Gasteiger partial charge in [-0.15, -0.1) is 0 Å². The minimum atomic E-state index is 1.07. The normalized spacial score (nSPS) is 15.7. The van der Waals surface area contributed by atoms with Gasteiger partial charge in [-0.3, -0.25) is 4.98 Å². The molecule has 3 heteroatoms. The van der Waals surface area contributed by atoms with E-state index in [0.717, 1.165) is 31.9 Å². The number of rotatable bonds is 4. The first kappa shape index (κ1) is 27.4. The lowest BCUT2D eigenvalue weighted by atomic mass is 9.84. The second kappa shape index (κ2) is 11.5. The van der Waals surface area contributed by atoms with Crippen LogP contribution >= 0.6 is 0 Å². The van der Waals surface area contributed by atoms with E-state index in [1.807, 2.05) is 6.20 Å². The molecule has 0 unspecified atom stereocenters. The number of aromatic nitrogens is 1. The average Bonchev–Trinajstić information content (AvgIpc) is 3.14. The van der Waals surface area contributed by atoms with Crippen LogP contribution in [0.3, 0.4) is 0 Å². The maximum Gasteiger partial charge on any atom is 0.0792 e. The fourth-order valence-electron chi connectivity index (χ4n) is 8.21. The summed E-state index contributed by atoms with van der Waals surface area (Å²) in [5.41, 5.74) is 7.59. The number of benzene rings is 6. The summed E-state index contributed by atoms with van der Waals surface area (Å²) in [6.07, 6.45) is 9.68. The Balaban J connectivity index is 1.43. The zero-order valence-electron chi connectivity index (χ0n) is 26.4. The van der Waals surface area contributed by atoms with Crippen LogP contribution in [0.2, 0.25) is 0 Å². The van der Waals surface area contributed by atoms with Gasteiger partial charge in [-0.1, -0.05) is 78.9 Å². The second-order valence-corrected chi connectivity index (χ2v) is 13.2. The zero-order valence-corrected chi connectivity index (χ0v) is 26.4. The molecule has 6 aromatic carbocycles. The molecule has 0 saturated carbocycles. The van der Waals surface area contributed by atoms with Crippen molar-refractivity contribution in [2.45, 2.75) is 38.5 Å². The average molecular weight is 598 g/mol. The molecule has 1 aromatic heterocycles. The predicted molar refractivity (Wildman–Crippen MR) is 197 cm³/mol. The third kappa shape index (κ3) is 4.60. The van der Waals surface area contributed by atoms with Crippen LogP contribution in [-0.2, 0) is 0 Å². The first-order valence-electron chi connectivity index (χ1n) is 17.2. The van der Waals surface area contributed by atoms with E-state index in [4.69, 9.17) is 4.98 Å². The van der Waals surface area contributed by atoms with Crippen molar-refractivity contribution in [2.75, 3.05) is 36.0 Å². The van der Waals surface area contributed by atoms with Crippen molar-refractivity contribution in [2.24, 2.45) is 0 Å². The van der Waals surface area contributed by atoms with E-state index in [-0.39, 0.29) is 0 Å². The van der Waals surface area contributed by atoms with Crippen molar-refractivity contribution in [3.8, 4) is 22.4 Å². The molecule has 7 aromatic rings. The highest BCUT2D eigenvalue weighted by atomic mass is 15.1. The van der Waals surface area contributed by atoms with Gasteiger partial charge in [0.1, 0.15) is 0 Å². The largest absolute Gasteiger partial charge is 0.372 e. The van der Waals surface area contributed by atoms with Gasteiger partial charge in [0.25, 0.3) is 0 Å². The lowest BCUT2D eigenvalue weighted by molar-refractivity contribution is 0.578. The number of anilines is 2. The third-order valence-corrected chi connectivity index (χ3v) is 10.5. The van der Waals surface area contributed by atoms with Crippen LogP contribution in [0.1, 0.15) is 38.5 Å². The van der Waals surface area contributed by atoms with Crippen LogP contribution in [0.25, 0.3) is 65.5 Å². The van der Waals surface area contributed by atoms with Crippen molar-refractivity contribution in [3.05, 3.63) is 115 Å². The number of piperidine rings is 2. The fourth-order valence-corrected chi connectivity index (χ4v) is 8.21. The van der Waals surface area contributed by atoms with Crippen LogP contribution < -0.4 is 9.80 Å². The highest BCUT2D eigenvalue weighted by Crippen LogP contribution is 2.48. The fraction of sp³-hybridized carbons (Fsp3) is 0.233. The summed E-state index contributed by atoms with van der Waals surface area (Å²) in [6.45, 7) is 4.49. The molecule has 0 amide bonds. The number of nitrogens with zero attached hydrogens (tertiary/aromatic N) is 3. The summed E-state index contributed by atoms with van der Waals surface area (Å²) in [7, 11) is 0. The number of hydrogen-bond acceptors (Lipinski definition) is 3. The molecule has 0 radical (unpaired) electrons. The van der Waals surface area contributed by atoms with Crippen molar-refractivity contribution >= 4 is 54.5 Å². The van der Waals surface area contributed by atoms with E-state index in [2.05, 4.69) is 119 Å². The molecule has 46 heavy (non-hydrogen) atoms. The Labute approximate surface area is 271 Å². The molecule has 0 N–H and O–H groups in total. The third-order valence-electron chi connectivity index (χ3n) is 10.5. The van der Waals surface area contributed by atoms with Gasteiger partial charge in [-0.05, 0) is 118 Å². The molecular weight excluding hydrogens is 558 g/mol. The Hall–Kier alpha value is -4.89. The Morgan fingerprint density at radius 2 is 0.957 bits per heavy atom. The van der Waals surface area contributed by atoms with Crippen LogP contribution in [0, 0.1) is 0 Å². The Morgan fingerprint density at radius 1 is 0.413 bits per heavy atom. The summed E-state index contributed by atoms with van der Waals surface area (Å²) in [4.78, 5) is 10.3. The van der Waals surface area contributed by atoms with Gasteiger partial charge in [-0.25, -0.2) is 0 Å². The van der Waals surface area contributed by atoms with Crippen LogP contribution in [-0.4, -0.2) is 31.2 Å². The second-order valence-electron chi connectivity index (χ2n) is 13.2. The molecule has 3 nitrogen and oxygen atoms in total. The molecule has 0 bridgehead atoms. The number of fused-ring (bicyclic) bond motifs is 4. The van der Waals surface area contributed by atoms with Crippen molar-refractivity contribution in [3.63, 3.8) is 0 Å². The Bertz CT molecular complexity index is 2070. The van der Waals surface area contributed by atoms with E-state index in [1.165, 1.54) is 110 Å². The SMILES string of the molecule is c1ccc2c(-c3c4cc(N5CCCCC5)ccc4c(-c4nccc5ccccc45)c4cc(N5CCCCC5)ccc34)cccc2c1. The molecule has 2 saturated heterocycles. The molecule has 0 aliphatic carbocycles. The van der Waals surface area contributed by atoms with Gasteiger partial charge in [0.2, 0.25) is 0 Å². The molecule has 3 heterocycles. The summed E-state index contributed by atoms with van der Waals surface area (Å²) in [5.74, 6) is 0. The van der Waals surface area contributed by atoms with Crippen LogP contribution in [0.15, 0.2) is 115 Å². The number of hydrogen-bond donors (Lipinski definition) is 0. The lowest BCUT2D eigenvalue weighted by Gasteiger charge is -2.30. The molecule has 0 atom stereocenters. The predicted octanol–water partition coefficient (Wildman–Crippen LogP) is 11.0. The maximum atomic E-state index is 5.16. The van der Waals surface area contributed by atoms with Crippen LogP contribution in [0.5, 0.6) is 0 Å². The van der Waals surface area contributed by atoms with E-state index < -0.39 is 0 Å². The van der Waals surface area contributed by atoms with Gasteiger partial charge >= 0.3 is 0 Å². The lowest BCUT2D eigenvalue weighted by Crippen LogP contribution is -2.29. The summed E-state index contributed by atoms with van der Waals surface area (Å²) < 4.78 is 0. The molecular formula is C43H39N3. The van der Waals surface area contributed by atoms with E-state index in [1.54, 1.807) is 0 Å². The van der Waals surface area contributed by atoms with Gasteiger partial charge in [0, 0.05) is 54.7 Å². The molecule has 0 spiro atoms. The first-order valence-corrected chi connectivity index (χ1v) is 17.2. The molecule has 2 aliphatic heterocycles. The van der Waals surface area contributed by atoms with E-state index >= 15 is 0 Å². The topological polar surface area (TPSA) is 19.4 Å². The molecule has 226 valence electrons. The quantitative estimate of drug-likeness (QED) is 0.188. The standard InChI is InChI=1S/C43H39N3/c1-7-24-45(25-8-1)32-19-21-38-39(28-32)41(36-17-11-14-30-12-3-5-15-34(30)36)37-20-18-33(46-26-9-2-10-27-46)29-40(37)42(38)43-35-16-6-4-13-31(35)22-23-44-43/h3-6,11-23,28-29H,1-2,7-10,24-27H2. The van der Waals surface area contributed by atoms with Gasteiger partial charge < -0.3 is 9.80 Å². The van der Waals surface area contributed by atoms with E-state index in [9.17, 15) is 0 Å². The summed E-state index contributed by atoms with van der Waals surface area (Å²) in [5, 5.41) is 10.2. The van der Waals surface area contributed by atoms with Crippen molar-refractivity contribution < 1.29 is 0 Å². The molecule has 9 rings (SSSR count). The highest BCUT2D eigenvalue weighted by Gasteiger charge is 2.23. The smallest absolute Gasteiger partial charge is 0.0792 e. The minimum absolute atomic E-state index is 1.07. The zero-order chi connectivity index (χ0) is 30.5. The maximum absolute atomic E-state index is 5.16. The molecule has 2 aliphatic rings. The van der Waals surface area contributed by atoms with Gasteiger partial charge in [0.05, 0.1) is 5.69 Å². The minimum Gasteiger partial charge on any atom is -0.372 e. The first-order chi connectivity index (χ1) is 22.8. The van der Waals surface area contributed by atoms with Crippen molar-refractivity contribution in [1.82, 2.24) is 4.98 Å². The Kier molecular flexibility index (Phi) is 6.84. The molecule has 2 fully saturated rings.